The molecule has 0 bridgehead atoms. The number of ketones is 1. The first-order valence-corrected chi connectivity index (χ1v) is 11.4. The predicted molar refractivity (Wildman–Crippen MR) is 125 cm³/mol. The smallest absolute Gasteiger partial charge is 0.310 e. The molecule has 1 atom stereocenters. The minimum Gasteiger partial charge on any atom is -0.507 e. The van der Waals surface area contributed by atoms with Gasteiger partial charge in [-0.1, -0.05) is 30.7 Å². The highest BCUT2D eigenvalue weighted by Gasteiger charge is 2.17. The van der Waals surface area contributed by atoms with Crippen LogP contribution in [0.1, 0.15) is 54.1 Å². The van der Waals surface area contributed by atoms with E-state index in [1.165, 1.54) is 0 Å². The Morgan fingerprint density at radius 2 is 2.03 bits per heavy atom. The Bertz CT molecular complexity index is 957. The van der Waals surface area contributed by atoms with Crippen LogP contribution in [0, 0.1) is 0 Å². The second-order valence-electron chi connectivity index (χ2n) is 7.01. The molecule has 2 aromatic carbocycles. The van der Waals surface area contributed by atoms with Crippen LogP contribution in [-0.2, 0) is 11.2 Å². The number of halogens is 1. The minimum atomic E-state index is -0.887. The van der Waals surface area contributed by atoms with Gasteiger partial charge in [0.05, 0.1) is 23.1 Å². The molecule has 0 fully saturated rings. The molecule has 0 aliphatic rings. The molecular weight excluding hydrogens is 436 g/mol. The van der Waals surface area contributed by atoms with E-state index in [1.807, 2.05) is 6.07 Å². The quantitative estimate of drug-likeness (QED) is 0.171. The summed E-state index contributed by atoms with van der Waals surface area (Å²) < 4.78 is 5.85. The number of allylic oxidation sites excluding steroid dienone is 1. The van der Waals surface area contributed by atoms with Crippen LogP contribution in [0.4, 0.5) is 0 Å². The van der Waals surface area contributed by atoms with Gasteiger partial charge in [0.1, 0.15) is 11.5 Å². The van der Waals surface area contributed by atoms with E-state index in [4.69, 9.17) is 21.4 Å². The van der Waals surface area contributed by atoms with Gasteiger partial charge in [0, 0.05) is 22.6 Å². The normalized spacial score (nSPS) is 11.7. The highest BCUT2D eigenvalue weighted by Crippen LogP contribution is 2.34. The van der Waals surface area contributed by atoms with Crippen LogP contribution in [0.3, 0.4) is 0 Å². The summed E-state index contributed by atoms with van der Waals surface area (Å²) in [5.74, 6) is -0.358. The SMILES string of the molecule is C=CCc1c(OCCCSc2ccc(C(C)C(=O)O)cc2Cl)ccc(C(=O)CC)c1O. The second-order valence-corrected chi connectivity index (χ2v) is 8.55. The molecule has 1 unspecified atom stereocenters. The minimum absolute atomic E-state index is 0.0407. The van der Waals surface area contributed by atoms with Crippen molar-refractivity contribution < 1.29 is 24.5 Å². The molecule has 0 aliphatic heterocycles. The summed E-state index contributed by atoms with van der Waals surface area (Å²) in [5.41, 5.74) is 1.54. The number of benzene rings is 2. The standard InChI is InChI=1S/C24H27ClO5S/c1-4-7-18-21(10-9-17(23(18)27)20(26)5-2)30-12-6-13-31-22-11-8-16(14-19(22)25)15(3)24(28)29/h4,8-11,14-15,27H,1,5-7,12-13H2,2-3H3,(H,28,29). The summed E-state index contributed by atoms with van der Waals surface area (Å²) in [4.78, 5) is 24.0. The molecule has 0 spiro atoms. The molecule has 0 aliphatic carbocycles. The topological polar surface area (TPSA) is 83.8 Å². The summed E-state index contributed by atoms with van der Waals surface area (Å²) in [5, 5.41) is 20.1. The van der Waals surface area contributed by atoms with Crippen molar-refractivity contribution >= 4 is 35.1 Å². The summed E-state index contributed by atoms with van der Waals surface area (Å²) in [6.07, 6.45) is 3.11. The van der Waals surface area contributed by atoms with Crippen LogP contribution in [0.2, 0.25) is 5.02 Å². The molecule has 5 nitrogen and oxygen atoms in total. The zero-order valence-electron chi connectivity index (χ0n) is 17.7. The Kier molecular flexibility index (Phi) is 9.46. The Hall–Kier alpha value is -2.44. The molecular formula is C24H27ClO5S. The Labute approximate surface area is 192 Å². The largest absolute Gasteiger partial charge is 0.507 e. The fraction of sp³-hybridized carbons (Fsp3) is 0.333. The molecule has 7 heteroatoms. The lowest BCUT2D eigenvalue weighted by Crippen LogP contribution is -2.07. The van der Waals surface area contributed by atoms with Crippen LogP contribution < -0.4 is 4.74 Å². The van der Waals surface area contributed by atoms with Gasteiger partial charge in [-0.15, -0.1) is 18.3 Å². The van der Waals surface area contributed by atoms with E-state index in [1.54, 1.807) is 56.0 Å². The van der Waals surface area contributed by atoms with E-state index < -0.39 is 11.9 Å². The summed E-state index contributed by atoms with van der Waals surface area (Å²) in [7, 11) is 0. The number of hydrogen-bond acceptors (Lipinski definition) is 5. The van der Waals surface area contributed by atoms with Crippen LogP contribution >= 0.6 is 23.4 Å². The number of thioether (sulfide) groups is 1. The van der Waals surface area contributed by atoms with Gasteiger partial charge in [0.2, 0.25) is 0 Å². The van der Waals surface area contributed by atoms with E-state index >= 15 is 0 Å². The van der Waals surface area contributed by atoms with Gasteiger partial charge in [-0.25, -0.2) is 0 Å². The highest BCUT2D eigenvalue weighted by atomic mass is 35.5. The van der Waals surface area contributed by atoms with Gasteiger partial charge < -0.3 is 14.9 Å². The number of phenolic OH excluding ortho intramolecular Hbond substituents is 1. The molecule has 0 saturated heterocycles. The summed E-state index contributed by atoms with van der Waals surface area (Å²) in [6, 6.07) is 8.63. The van der Waals surface area contributed by atoms with Crippen molar-refractivity contribution in [1.82, 2.24) is 0 Å². The van der Waals surface area contributed by atoms with E-state index in [9.17, 15) is 14.7 Å². The number of aliphatic carboxylic acids is 1. The van der Waals surface area contributed by atoms with Crippen molar-refractivity contribution in [3.05, 3.63) is 64.7 Å². The van der Waals surface area contributed by atoms with Crippen LogP contribution in [0.15, 0.2) is 47.9 Å². The van der Waals surface area contributed by atoms with Crippen LogP contribution in [0.5, 0.6) is 11.5 Å². The zero-order chi connectivity index (χ0) is 23.0. The van der Waals surface area contributed by atoms with Gasteiger partial charge in [-0.3, -0.25) is 9.59 Å². The number of phenols is 1. The van der Waals surface area contributed by atoms with Gasteiger partial charge in [0.15, 0.2) is 5.78 Å². The molecule has 0 saturated carbocycles. The number of ether oxygens (including phenoxy) is 1. The predicted octanol–water partition coefficient (Wildman–Crippen LogP) is 6.12. The van der Waals surface area contributed by atoms with E-state index in [2.05, 4.69) is 6.58 Å². The fourth-order valence-electron chi connectivity index (χ4n) is 2.98. The van der Waals surface area contributed by atoms with Gasteiger partial charge in [0.25, 0.3) is 0 Å². The lowest BCUT2D eigenvalue weighted by Gasteiger charge is -2.14. The lowest BCUT2D eigenvalue weighted by molar-refractivity contribution is -0.138. The van der Waals surface area contributed by atoms with Gasteiger partial charge in [-0.2, -0.15) is 0 Å². The van der Waals surface area contributed by atoms with Crippen molar-refractivity contribution in [2.75, 3.05) is 12.4 Å². The third-order valence-electron chi connectivity index (χ3n) is 4.84. The number of rotatable bonds is 12. The molecule has 166 valence electrons. The van der Waals surface area contributed by atoms with Gasteiger partial charge >= 0.3 is 5.97 Å². The average molecular weight is 463 g/mol. The third kappa shape index (κ3) is 6.52. The zero-order valence-corrected chi connectivity index (χ0v) is 19.3. The number of carbonyl (C=O) groups is 2. The molecule has 0 heterocycles. The Morgan fingerprint density at radius 3 is 2.65 bits per heavy atom. The molecule has 31 heavy (non-hydrogen) atoms. The van der Waals surface area contributed by atoms with Crippen LogP contribution in [-0.4, -0.2) is 34.3 Å². The van der Waals surface area contributed by atoms with Crippen molar-refractivity contribution in [3.8, 4) is 11.5 Å². The number of aromatic hydroxyl groups is 1. The number of Topliss-reactive ketones (excluding diaryl/α,β-unsaturated/α-hetero) is 1. The van der Waals surface area contributed by atoms with Crippen molar-refractivity contribution in [3.63, 3.8) is 0 Å². The molecule has 2 rings (SSSR count). The monoisotopic (exact) mass is 462 g/mol. The van der Waals surface area contributed by atoms with E-state index in [0.717, 1.165) is 17.1 Å². The first kappa shape index (κ1) is 24.8. The van der Waals surface area contributed by atoms with Crippen molar-refractivity contribution in [2.24, 2.45) is 0 Å². The maximum atomic E-state index is 12.0. The Balaban J connectivity index is 1.94. The second kappa shape index (κ2) is 11.8. The maximum absolute atomic E-state index is 12.0. The molecule has 0 radical (unpaired) electrons. The first-order chi connectivity index (χ1) is 14.8. The molecule has 0 amide bonds. The van der Waals surface area contributed by atoms with Crippen molar-refractivity contribution in [2.45, 2.75) is 43.9 Å². The first-order valence-electron chi connectivity index (χ1n) is 10.1. The molecule has 0 aromatic heterocycles. The highest BCUT2D eigenvalue weighted by molar-refractivity contribution is 7.99. The van der Waals surface area contributed by atoms with E-state index in [0.29, 0.717) is 46.9 Å². The third-order valence-corrected chi connectivity index (χ3v) is 6.42. The van der Waals surface area contributed by atoms with Gasteiger partial charge in [-0.05, 0) is 49.6 Å². The molecule has 2 N–H and O–H groups in total. The summed E-state index contributed by atoms with van der Waals surface area (Å²) >= 11 is 7.87. The number of carbonyl (C=O) groups excluding carboxylic acids is 1. The van der Waals surface area contributed by atoms with Crippen molar-refractivity contribution in [1.29, 1.82) is 0 Å². The van der Waals surface area contributed by atoms with E-state index in [-0.39, 0.29) is 11.5 Å². The summed E-state index contributed by atoms with van der Waals surface area (Å²) in [6.45, 7) is 7.52. The number of hydrogen-bond donors (Lipinski definition) is 2. The lowest BCUT2D eigenvalue weighted by atomic mass is 10.0. The van der Waals surface area contributed by atoms with Crippen LogP contribution in [0.25, 0.3) is 0 Å². The number of carboxylic acids is 1. The number of carboxylic acid groups (broad SMARTS) is 1. The fourth-order valence-corrected chi connectivity index (χ4v) is 4.18. The Morgan fingerprint density at radius 1 is 1.29 bits per heavy atom. The molecule has 2 aromatic rings. The average Bonchev–Trinajstić information content (AvgIpc) is 2.75. The maximum Gasteiger partial charge on any atom is 0.310 e.